The molecule has 0 bridgehead atoms. The predicted octanol–water partition coefficient (Wildman–Crippen LogP) is 1.60. The summed E-state index contributed by atoms with van der Waals surface area (Å²) in [5.41, 5.74) is 6.69. The van der Waals surface area contributed by atoms with Gasteiger partial charge in [0.25, 0.3) is 0 Å². The highest BCUT2D eigenvalue weighted by atomic mass is 35.5. The summed E-state index contributed by atoms with van der Waals surface area (Å²) >= 11 is 5.96. The lowest BCUT2D eigenvalue weighted by Crippen LogP contribution is -2.46. The summed E-state index contributed by atoms with van der Waals surface area (Å²) in [5.74, 6) is 0. The third-order valence-electron chi connectivity index (χ3n) is 3.51. The molecule has 0 aliphatic carbocycles. The van der Waals surface area contributed by atoms with Crippen LogP contribution in [-0.2, 0) is 10.0 Å². The SMILES string of the molecule is Cc1cc(S(=O)(=O)NC2CCCN(C)C2)cc(N)c1Cl. The number of anilines is 1. The molecule has 1 fully saturated rings. The van der Waals surface area contributed by atoms with Crippen LogP contribution in [0.3, 0.4) is 0 Å². The summed E-state index contributed by atoms with van der Waals surface area (Å²) in [5, 5.41) is 0.404. The number of benzene rings is 1. The van der Waals surface area contributed by atoms with Gasteiger partial charge in [-0.1, -0.05) is 11.6 Å². The van der Waals surface area contributed by atoms with Crippen molar-refractivity contribution in [2.24, 2.45) is 0 Å². The van der Waals surface area contributed by atoms with Crippen molar-refractivity contribution in [1.82, 2.24) is 9.62 Å². The van der Waals surface area contributed by atoms with Crippen LogP contribution in [0.15, 0.2) is 17.0 Å². The average molecular weight is 318 g/mol. The highest BCUT2D eigenvalue weighted by Crippen LogP contribution is 2.27. The summed E-state index contributed by atoms with van der Waals surface area (Å²) < 4.78 is 27.5. The zero-order valence-corrected chi connectivity index (χ0v) is 13.3. The molecule has 5 nitrogen and oxygen atoms in total. The number of piperidine rings is 1. The van der Waals surface area contributed by atoms with Gasteiger partial charge in [0.15, 0.2) is 0 Å². The van der Waals surface area contributed by atoms with Crippen molar-refractivity contribution in [3.8, 4) is 0 Å². The Morgan fingerprint density at radius 2 is 2.15 bits per heavy atom. The minimum absolute atomic E-state index is 0.0593. The third kappa shape index (κ3) is 3.44. The molecule has 1 unspecified atom stereocenters. The van der Waals surface area contributed by atoms with E-state index in [9.17, 15) is 8.42 Å². The smallest absolute Gasteiger partial charge is 0.240 e. The Balaban J connectivity index is 2.22. The van der Waals surface area contributed by atoms with E-state index in [-0.39, 0.29) is 16.6 Å². The molecule has 0 radical (unpaired) electrons. The highest BCUT2D eigenvalue weighted by Gasteiger charge is 2.24. The summed E-state index contributed by atoms with van der Waals surface area (Å²) in [6.45, 7) is 3.47. The molecule has 1 aromatic rings. The van der Waals surface area contributed by atoms with Crippen LogP contribution in [0.1, 0.15) is 18.4 Å². The number of likely N-dealkylation sites (tertiary alicyclic amines) is 1. The summed E-state index contributed by atoms with van der Waals surface area (Å²) in [4.78, 5) is 2.29. The maximum Gasteiger partial charge on any atom is 0.240 e. The Kier molecular flexibility index (Phi) is 4.59. The number of nitrogen functional groups attached to an aromatic ring is 1. The molecular formula is C13H20ClN3O2S. The number of sulfonamides is 1. The van der Waals surface area contributed by atoms with Crippen LogP contribution in [0, 0.1) is 6.92 Å². The van der Waals surface area contributed by atoms with E-state index >= 15 is 0 Å². The second-order valence-corrected chi connectivity index (χ2v) is 7.46. The molecule has 1 aliphatic heterocycles. The van der Waals surface area contributed by atoms with E-state index < -0.39 is 10.0 Å². The van der Waals surface area contributed by atoms with Gasteiger partial charge in [0.2, 0.25) is 10.0 Å². The monoisotopic (exact) mass is 317 g/mol. The lowest BCUT2D eigenvalue weighted by Gasteiger charge is -2.30. The van der Waals surface area contributed by atoms with Crippen LogP contribution in [0.25, 0.3) is 0 Å². The van der Waals surface area contributed by atoms with E-state index in [0.717, 1.165) is 25.9 Å². The zero-order chi connectivity index (χ0) is 14.9. The predicted molar refractivity (Wildman–Crippen MR) is 81.4 cm³/mol. The van der Waals surface area contributed by atoms with Crippen molar-refractivity contribution < 1.29 is 8.42 Å². The van der Waals surface area contributed by atoms with Crippen molar-refractivity contribution in [3.05, 3.63) is 22.7 Å². The first-order valence-electron chi connectivity index (χ1n) is 6.56. The number of nitrogens with zero attached hydrogens (tertiary/aromatic N) is 1. The van der Waals surface area contributed by atoms with Crippen LogP contribution in [0.5, 0.6) is 0 Å². The Morgan fingerprint density at radius 3 is 2.75 bits per heavy atom. The van der Waals surface area contributed by atoms with Gasteiger partial charge in [0.1, 0.15) is 0 Å². The molecule has 2 rings (SSSR count). The van der Waals surface area contributed by atoms with Gasteiger partial charge >= 0.3 is 0 Å². The maximum absolute atomic E-state index is 12.4. The lowest BCUT2D eigenvalue weighted by atomic mass is 10.1. The third-order valence-corrected chi connectivity index (χ3v) is 5.53. The number of likely N-dealkylation sites (N-methyl/N-ethyl adjacent to an activating group) is 1. The number of hydrogen-bond acceptors (Lipinski definition) is 4. The van der Waals surface area contributed by atoms with Crippen molar-refractivity contribution >= 4 is 27.3 Å². The molecule has 1 aliphatic rings. The fraction of sp³-hybridized carbons (Fsp3) is 0.538. The van der Waals surface area contributed by atoms with Gasteiger partial charge in [0.05, 0.1) is 15.6 Å². The molecule has 3 N–H and O–H groups in total. The Bertz CT molecular complexity index is 581. The first kappa shape index (κ1) is 15.6. The molecule has 20 heavy (non-hydrogen) atoms. The molecule has 1 atom stereocenters. The molecule has 1 aromatic carbocycles. The van der Waals surface area contributed by atoms with Crippen molar-refractivity contribution in [3.63, 3.8) is 0 Å². The van der Waals surface area contributed by atoms with E-state index in [1.165, 1.54) is 6.07 Å². The van der Waals surface area contributed by atoms with Crippen molar-refractivity contribution in [2.45, 2.75) is 30.7 Å². The first-order valence-corrected chi connectivity index (χ1v) is 8.42. The van der Waals surface area contributed by atoms with E-state index in [1.54, 1.807) is 13.0 Å². The molecule has 112 valence electrons. The van der Waals surface area contributed by atoms with E-state index in [0.29, 0.717) is 10.6 Å². The molecule has 1 saturated heterocycles. The standard InChI is InChI=1S/C13H20ClN3O2S/c1-9-6-11(7-12(15)13(9)14)20(18,19)16-10-4-3-5-17(2)8-10/h6-7,10,16H,3-5,8,15H2,1-2H3. The second kappa shape index (κ2) is 5.89. The van der Waals surface area contributed by atoms with Gasteiger partial charge in [-0.15, -0.1) is 0 Å². The van der Waals surface area contributed by atoms with Crippen LogP contribution in [-0.4, -0.2) is 39.5 Å². The fourth-order valence-electron chi connectivity index (χ4n) is 2.47. The van der Waals surface area contributed by atoms with E-state index in [1.807, 2.05) is 7.05 Å². The second-order valence-electron chi connectivity index (χ2n) is 5.37. The summed E-state index contributed by atoms with van der Waals surface area (Å²) in [6, 6.07) is 2.90. The summed E-state index contributed by atoms with van der Waals surface area (Å²) in [7, 11) is -1.57. The molecule has 0 aromatic heterocycles. The Morgan fingerprint density at radius 1 is 1.45 bits per heavy atom. The molecule has 7 heteroatoms. The molecule has 0 amide bonds. The summed E-state index contributed by atoms with van der Waals surface area (Å²) in [6.07, 6.45) is 1.84. The van der Waals surface area contributed by atoms with Gasteiger partial charge < -0.3 is 10.6 Å². The first-order chi connectivity index (χ1) is 9.29. The fourth-order valence-corrected chi connectivity index (χ4v) is 3.96. The van der Waals surface area contributed by atoms with Gasteiger partial charge in [-0.2, -0.15) is 0 Å². The average Bonchev–Trinajstić information content (AvgIpc) is 2.34. The topological polar surface area (TPSA) is 75.4 Å². The van der Waals surface area contributed by atoms with Gasteiger partial charge in [-0.05, 0) is 51.1 Å². The van der Waals surface area contributed by atoms with Gasteiger partial charge in [-0.25, -0.2) is 13.1 Å². The van der Waals surface area contributed by atoms with Crippen molar-refractivity contribution in [1.29, 1.82) is 0 Å². The van der Waals surface area contributed by atoms with Crippen LogP contribution >= 0.6 is 11.6 Å². The Labute approximate surface area is 125 Å². The minimum Gasteiger partial charge on any atom is -0.397 e. The normalized spacial score (nSPS) is 21.1. The molecule has 1 heterocycles. The van der Waals surface area contributed by atoms with Crippen LogP contribution in [0.4, 0.5) is 5.69 Å². The molecular weight excluding hydrogens is 298 g/mol. The number of aryl methyl sites for hydroxylation is 1. The number of halogens is 1. The van der Waals surface area contributed by atoms with E-state index in [4.69, 9.17) is 17.3 Å². The Hall–Kier alpha value is -0.820. The molecule has 0 saturated carbocycles. The number of hydrogen-bond donors (Lipinski definition) is 2. The minimum atomic E-state index is -3.56. The largest absolute Gasteiger partial charge is 0.397 e. The van der Waals surface area contributed by atoms with Gasteiger partial charge in [-0.3, -0.25) is 0 Å². The number of rotatable bonds is 3. The zero-order valence-electron chi connectivity index (χ0n) is 11.7. The molecule has 0 spiro atoms. The number of nitrogens with two attached hydrogens (primary N) is 1. The van der Waals surface area contributed by atoms with Crippen LogP contribution < -0.4 is 10.5 Å². The number of nitrogens with one attached hydrogen (secondary N) is 1. The lowest BCUT2D eigenvalue weighted by molar-refractivity contribution is 0.242. The van der Waals surface area contributed by atoms with Gasteiger partial charge in [0, 0.05) is 12.6 Å². The van der Waals surface area contributed by atoms with Crippen LogP contribution in [0.2, 0.25) is 5.02 Å². The quantitative estimate of drug-likeness (QED) is 0.830. The maximum atomic E-state index is 12.4. The van der Waals surface area contributed by atoms with Crippen molar-refractivity contribution in [2.75, 3.05) is 25.9 Å². The highest BCUT2D eigenvalue weighted by molar-refractivity contribution is 7.89. The van der Waals surface area contributed by atoms with E-state index in [2.05, 4.69) is 9.62 Å².